The first-order chi connectivity index (χ1) is 12.5. The highest BCUT2D eigenvalue weighted by molar-refractivity contribution is 7.09. The Labute approximate surface area is 158 Å². The van der Waals surface area contributed by atoms with E-state index in [2.05, 4.69) is 11.4 Å². The van der Waals surface area contributed by atoms with E-state index < -0.39 is 0 Å². The molecule has 2 amide bonds. The number of benzene rings is 1. The Kier molecular flexibility index (Phi) is 6.06. The molecule has 0 radical (unpaired) electrons. The van der Waals surface area contributed by atoms with Gasteiger partial charge in [0.05, 0.1) is 12.6 Å². The highest BCUT2D eigenvalue weighted by Gasteiger charge is 2.27. The van der Waals surface area contributed by atoms with Crippen LogP contribution in [0.5, 0.6) is 0 Å². The van der Waals surface area contributed by atoms with Gasteiger partial charge in [0, 0.05) is 23.5 Å². The lowest BCUT2D eigenvalue weighted by Crippen LogP contribution is -2.50. The molecular formula is C20H24N2O3S. The van der Waals surface area contributed by atoms with Crippen molar-refractivity contribution in [3.63, 3.8) is 0 Å². The van der Waals surface area contributed by atoms with Crippen molar-refractivity contribution < 1.29 is 14.3 Å². The van der Waals surface area contributed by atoms with Crippen LogP contribution in [0.2, 0.25) is 0 Å². The molecule has 1 atom stereocenters. The van der Waals surface area contributed by atoms with E-state index in [0.29, 0.717) is 19.5 Å². The molecule has 0 bridgehead atoms. The van der Waals surface area contributed by atoms with E-state index in [4.69, 9.17) is 4.74 Å². The van der Waals surface area contributed by atoms with Crippen LogP contribution in [0.25, 0.3) is 0 Å². The fourth-order valence-corrected chi connectivity index (χ4v) is 3.82. The number of ether oxygens (including phenoxy) is 1. The van der Waals surface area contributed by atoms with Gasteiger partial charge in [-0.15, -0.1) is 11.3 Å². The molecule has 2 heterocycles. The Morgan fingerprint density at radius 2 is 2.08 bits per heavy atom. The third kappa shape index (κ3) is 4.93. The summed E-state index contributed by atoms with van der Waals surface area (Å²) in [7, 11) is 0. The topological polar surface area (TPSA) is 58.6 Å². The summed E-state index contributed by atoms with van der Waals surface area (Å²) in [6, 6.07) is 10.1. The average Bonchev–Trinajstić information content (AvgIpc) is 3.12. The second kappa shape index (κ2) is 8.47. The van der Waals surface area contributed by atoms with Gasteiger partial charge in [0.2, 0.25) is 5.91 Å². The van der Waals surface area contributed by atoms with E-state index in [1.165, 1.54) is 4.88 Å². The van der Waals surface area contributed by atoms with E-state index in [-0.39, 0.29) is 24.5 Å². The molecule has 1 fully saturated rings. The molecule has 1 N–H and O–H groups in total. The molecular weight excluding hydrogens is 348 g/mol. The zero-order valence-corrected chi connectivity index (χ0v) is 16.0. The highest BCUT2D eigenvalue weighted by Crippen LogP contribution is 2.22. The minimum absolute atomic E-state index is 0.0110. The minimum Gasteiger partial charge on any atom is -0.365 e. The summed E-state index contributed by atoms with van der Waals surface area (Å²) >= 11 is 1.66. The molecule has 1 unspecified atom stereocenters. The van der Waals surface area contributed by atoms with Crippen LogP contribution in [0.4, 0.5) is 5.69 Å². The molecule has 1 aliphatic rings. The molecule has 138 valence electrons. The summed E-state index contributed by atoms with van der Waals surface area (Å²) in [5, 5.41) is 4.94. The first-order valence-electron chi connectivity index (χ1n) is 8.80. The summed E-state index contributed by atoms with van der Waals surface area (Å²) in [4.78, 5) is 27.3. The maximum atomic E-state index is 12.2. The summed E-state index contributed by atoms with van der Waals surface area (Å²) < 4.78 is 5.60. The molecule has 0 aliphatic carbocycles. The van der Waals surface area contributed by atoms with Crippen LogP contribution in [-0.2, 0) is 20.7 Å². The number of nitrogens with zero attached hydrogens (tertiary/aromatic N) is 1. The average molecular weight is 372 g/mol. The van der Waals surface area contributed by atoms with Crippen LogP contribution >= 0.6 is 11.3 Å². The lowest BCUT2D eigenvalue weighted by Gasteiger charge is -2.33. The van der Waals surface area contributed by atoms with Crippen molar-refractivity contribution in [2.45, 2.75) is 32.8 Å². The SMILES string of the molecule is Cc1cc(C)cc(N2CC(CNC(=O)CCc3cccs3)OCC2=O)c1. The number of morpholine rings is 1. The van der Waals surface area contributed by atoms with Crippen LogP contribution in [0, 0.1) is 13.8 Å². The Morgan fingerprint density at radius 3 is 2.77 bits per heavy atom. The third-order valence-electron chi connectivity index (χ3n) is 4.35. The van der Waals surface area contributed by atoms with E-state index in [0.717, 1.165) is 23.2 Å². The lowest BCUT2D eigenvalue weighted by molar-refractivity contribution is -0.129. The molecule has 1 aromatic heterocycles. The zero-order valence-electron chi connectivity index (χ0n) is 15.2. The van der Waals surface area contributed by atoms with Crippen molar-refractivity contribution in [3.8, 4) is 0 Å². The number of aryl methyl sites for hydroxylation is 3. The first-order valence-corrected chi connectivity index (χ1v) is 9.68. The molecule has 0 spiro atoms. The van der Waals surface area contributed by atoms with Crippen LogP contribution < -0.4 is 10.2 Å². The second-order valence-corrected chi connectivity index (χ2v) is 7.70. The fourth-order valence-electron chi connectivity index (χ4n) is 3.11. The van der Waals surface area contributed by atoms with E-state index in [9.17, 15) is 9.59 Å². The summed E-state index contributed by atoms with van der Waals surface area (Å²) in [6.45, 7) is 4.95. The molecule has 6 heteroatoms. The van der Waals surface area contributed by atoms with Gasteiger partial charge < -0.3 is 15.0 Å². The predicted octanol–water partition coefficient (Wildman–Crippen LogP) is 2.85. The van der Waals surface area contributed by atoms with Crippen molar-refractivity contribution in [2.24, 2.45) is 0 Å². The van der Waals surface area contributed by atoms with E-state index in [1.807, 2.05) is 43.5 Å². The fraction of sp³-hybridized carbons (Fsp3) is 0.400. The van der Waals surface area contributed by atoms with Crippen LogP contribution in [0.3, 0.4) is 0 Å². The Hall–Kier alpha value is -2.18. The first kappa shape index (κ1) is 18.6. The van der Waals surface area contributed by atoms with Crippen molar-refractivity contribution in [1.82, 2.24) is 5.32 Å². The van der Waals surface area contributed by atoms with Gasteiger partial charge in [0.15, 0.2) is 0 Å². The number of rotatable bonds is 6. The maximum Gasteiger partial charge on any atom is 0.253 e. The van der Waals surface area contributed by atoms with Gasteiger partial charge in [0.1, 0.15) is 6.61 Å². The summed E-state index contributed by atoms with van der Waals surface area (Å²) in [6.07, 6.45) is 1.02. The van der Waals surface area contributed by atoms with Crippen molar-refractivity contribution in [2.75, 3.05) is 24.6 Å². The molecule has 2 aromatic rings. The number of amides is 2. The van der Waals surface area contributed by atoms with Crippen molar-refractivity contribution in [1.29, 1.82) is 0 Å². The van der Waals surface area contributed by atoms with Gasteiger partial charge in [-0.25, -0.2) is 0 Å². The summed E-state index contributed by atoms with van der Waals surface area (Å²) in [5.41, 5.74) is 3.14. The van der Waals surface area contributed by atoms with Gasteiger partial charge in [-0.1, -0.05) is 12.1 Å². The second-order valence-electron chi connectivity index (χ2n) is 6.67. The molecule has 0 saturated carbocycles. The molecule has 1 aromatic carbocycles. The number of hydrogen-bond acceptors (Lipinski definition) is 4. The quantitative estimate of drug-likeness (QED) is 0.848. The van der Waals surface area contributed by atoms with Crippen molar-refractivity contribution >= 4 is 28.8 Å². The van der Waals surface area contributed by atoms with E-state index in [1.54, 1.807) is 16.2 Å². The lowest BCUT2D eigenvalue weighted by atomic mass is 10.1. The largest absolute Gasteiger partial charge is 0.365 e. The number of carbonyl (C=O) groups is 2. The summed E-state index contributed by atoms with van der Waals surface area (Å²) in [5.74, 6) is -0.0351. The van der Waals surface area contributed by atoms with Gasteiger partial charge in [0.25, 0.3) is 5.91 Å². The molecule has 26 heavy (non-hydrogen) atoms. The third-order valence-corrected chi connectivity index (χ3v) is 5.29. The molecule has 5 nitrogen and oxygen atoms in total. The van der Waals surface area contributed by atoms with E-state index >= 15 is 0 Å². The van der Waals surface area contributed by atoms with Crippen LogP contribution in [0.15, 0.2) is 35.7 Å². The minimum atomic E-state index is -0.195. The Morgan fingerprint density at radius 1 is 1.31 bits per heavy atom. The maximum absolute atomic E-state index is 12.2. The van der Waals surface area contributed by atoms with Crippen LogP contribution in [0.1, 0.15) is 22.4 Å². The molecule has 1 saturated heterocycles. The molecule has 3 rings (SSSR count). The zero-order chi connectivity index (χ0) is 18.5. The number of thiophene rings is 1. The smallest absolute Gasteiger partial charge is 0.253 e. The monoisotopic (exact) mass is 372 g/mol. The van der Waals surface area contributed by atoms with Gasteiger partial charge in [-0.3, -0.25) is 9.59 Å². The Bertz CT molecular complexity index is 753. The predicted molar refractivity (Wildman–Crippen MR) is 104 cm³/mol. The number of nitrogens with one attached hydrogen (secondary N) is 1. The van der Waals surface area contributed by atoms with Gasteiger partial charge >= 0.3 is 0 Å². The number of carbonyl (C=O) groups excluding carboxylic acids is 2. The number of hydrogen-bond donors (Lipinski definition) is 1. The van der Waals surface area contributed by atoms with Crippen LogP contribution in [-0.4, -0.2) is 37.6 Å². The highest BCUT2D eigenvalue weighted by atomic mass is 32.1. The Balaban J connectivity index is 1.52. The number of anilines is 1. The van der Waals surface area contributed by atoms with Crippen molar-refractivity contribution in [3.05, 3.63) is 51.7 Å². The van der Waals surface area contributed by atoms with Gasteiger partial charge in [-0.2, -0.15) is 0 Å². The van der Waals surface area contributed by atoms with Gasteiger partial charge in [-0.05, 0) is 55.0 Å². The standard InChI is InChI=1S/C20H24N2O3S/c1-14-8-15(2)10-16(9-14)22-12-17(25-13-20(22)24)11-21-19(23)6-5-18-4-3-7-26-18/h3-4,7-10,17H,5-6,11-13H2,1-2H3,(H,21,23). The molecule has 1 aliphatic heterocycles. The normalized spacial score (nSPS) is 17.4.